The van der Waals surface area contributed by atoms with Gasteiger partial charge in [-0.3, -0.25) is 9.88 Å². The molecule has 2 saturated heterocycles. The summed E-state index contributed by atoms with van der Waals surface area (Å²) in [5, 5.41) is 1.25. The first kappa shape index (κ1) is 19.1. The number of hydrogen-bond acceptors (Lipinski definition) is 4. The SMILES string of the molecule is Cc1cc2[nH]c(CN3CC45CC4CCC35)cc2c(-c2ccc(N3CCN(C)CC3)cc2)n1.[HH]. The molecule has 168 valence electrons. The van der Waals surface area contributed by atoms with Gasteiger partial charge in [-0.15, -0.1) is 0 Å². The Morgan fingerprint density at radius 2 is 1.91 bits per heavy atom. The second-order valence-electron chi connectivity index (χ2n) is 10.8. The highest BCUT2D eigenvalue weighted by Gasteiger charge is 2.70. The minimum Gasteiger partial charge on any atom is -0.369 e. The predicted octanol–water partition coefficient (Wildman–Crippen LogP) is 4.52. The van der Waals surface area contributed by atoms with Crippen LogP contribution in [-0.2, 0) is 6.54 Å². The molecular formula is C27H35N5. The van der Waals surface area contributed by atoms with Crippen LogP contribution in [0, 0.1) is 18.3 Å². The summed E-state index contributed by atoms with van der Waals surface area (Å²) in [6, 6.07) is 14.5. The number of H-pyrrole nitrogens is 1. The van der Waals surface area contributed by atoms with Gasteiger partial charge in [0, 0.05) is 85.7 Å². The van der Waals surface area contributed by atoms with Gasteiger partial charge in [-0.1, -0.05) is 12.1 Å². The molecule has 2 aliphatic carbocycles. The van der Waals surface area contributed by atoms with Crippen LogP contribution in [0.4, 0.5) is 5.69 Å². The van der Waals surface area contributed by atoms with Gasteiger partial charge in [0.15, 0.2) is 0 Å². The lowest BCUT2D eigenvalue weighted by Gasteiger charge is -2.47. The van der Waals surface area contributed by atoms with Gasteiger partial charge in [0.2, 0.25) is 0 Å². The number of fused-ring (bicyclic) bond motifs is 1. The zero-order valence-electron chi connectivity index (χ0n) is 19.3. The summed E-state index contributed by atoms with van der Waals surface area (Å²) >= 11 is 0. The van der Waals surface area contributed by atoms with Crippen molar-refractivity contribution in [2.45, 2.75) is 38.8 Å². The van der Waals surface area contributed by atoms with Crippen LogP contribution >= 0.6 is 0 Å². The molecule has 5 heteroatoms. The molecule has 7 rings (SSSR count). The van der Waals surface area contributed by atoms with Crippen molar-refractivity contribution < 1.29 is 1.43 Å². The molecule has 32 heavy (non-hydrogen) atoms. The van der Waals surface area contributed by atoms with Gasteiger partial charge in [0.25, 0.3) is 0 Å². The summed E-state index contributed by atoms with van der Waals surface area (Å²) in [7, 11) is 2.21. The van der Waals surface area contributed by atoms with Gasteiger partial charge in [-0.25, -0.2) is 0 Å². The summed E-state index contributed by atoms with van der Waals surface area (Å²) < 4.78 is 0. The van der Waals surface area contributed by atoms with E-state index in [2.05, 4.69) is 70.1 Å². The van der Waals surface area contributed by atoms with Crippen molar-refractivity contribution >= 4 is 16.6 Å². The average Bonchev–Trinajstić information content (AvgIpc) is 3.25. The van der Waals surface area contributed by atoms with Crippen molar-refractivity contribution in [2.24, 2.45) is 11.3 Å². The van der Waals surface area contributed by atoms with Crippen molar-refractivity contribution in [1.82, 2.24) is 19.8 Å². The number of piperazine rings is 1. The Morgan fingerprint density at radius 3 is 2.66 bits per heavy atom. The van der Waals surface area contributed by atoms with E-state index in [4.69, 9.17) is 4.98 Å². The van der Waals surface area contributed by atoms with Crippen LogP contribution in [0.5, 0.6) is 0 Å². The lowest BCUT2D eigenvalue weighted by Crippen LogP contribution is -2.55. The maximum absolute atomic E-state index is 4.97. The lowest BCUT2D eigenvalue weighted by atomic mass is 9.86. The topological polar surface area (TPSA) is 38.4 Å². The van der Waals surface area contributed by atoms with Gasteiger partial charge < -0.3 is 14.8 Å². The maximum Gasteiger partial charge on any atom is 0.0799 e. The Kier molecular flexibility index (Phi) is 4.07. The Balaban J connectivity index is 0.00000206. The third-order valence-corrected chi connectivity index (χ3v) is 8.85. The number of benzene rings is 1. The number of nitrogens with zero attached hydrogens (tertiary/aromatic N) is 4. The molecule has 4 aliphatic rings. The number of pyridine rings is 1. The van der Waals surface area contributed by atoms with Crippen molar-refractivity contribution in [3.63, 3.8) is 0 Å². The third kappa shape index (κ3) is 2.87. The molecule has 2 aromatic heterocycles. The number of rotatable bonds is 4. The smallest absolute Gasteiger partial charge is 0.0799 e. The Bertz CT molecular complexity index is 1180. The quantitative estimate of drug-likeness (QED) is 0.662. The summed E-state index contributed by atoms with van der Waals surface area (Å²) in [6.45, 7) is 8.94. The predicted molar refractivity (Wildman–Crippen MR) is 132 cm³/mol. The number of nitrogens with one attached hydrogen (secondary N) is 1. The highest BCUT2D eigenvalue weighted by atomic mass is 15.3. The molecule has 1 spiro atoms. The summed E-state index contributed by atoms with van der Waals surface area (Å²) in [5.74, 6) is 1.05. The molecule has 2 saturated carbocycles. The van der Waals surface area contributed by atoms with Crippen molar-refractivity contribution in [1.29, 1.82) is 0 Å². The van der Waals surface area contributed by atoms with E-state index in [-0.39, 0.29) is 1.43 Å². The zero-order chi connectivity index (χ0) is 21.4. The van der Waals surface area contributed by atoms with E-state index >= 15 is 0 Å². The van der Waals surface area contributed by atoms with E-state index in [0.29, 0.717) is 0 Å². The largest absolute Gasteiger partial charge is 0.369 e. The second kappa shape index (κ2) is 6.82. The number of aromatic nitrogens is 2. The number of likely N-dealkylation sites (N-methyl/N-ethyl adjacent to an activating group) is 1. The highest BCUT2D eigenvalue weighted by Crippen LogP contribution is 2.70. The Morgan fingerprint density at radius 1 is 1.09 bits per heavy atom. The van der Waals surface area contributed by atoms with E-state index in [1.54, 1.807) is 0 Å². The normalized spacial score (nSPS) is 29.8. The molecule has 0 radical (unpaired) electrons. The van der Waals surface area contributed by atoms with E-state index < -0.39 is 0 Å². The number of likely N-dealkylation sites (tertiary alicyclic amines) is 1. The molecule has 0 bridgehead atoms. The molecular weight excluding hydrogens is 394 g/mol. The van der Waals surface area contributed by atoms with Crippen LogP contribution in [0.3, 0.4) is 0 Å². The lowest BCUT2D eigenvalue weighted by molar-refractivity contribution is -0.00259. The van der Waals surface area contributed by atoms with Crippen LogP contribution in [-0.4, -0.2) is 65.6 Å². The van der Waals surface area contributed by atoms with Gasteiger partial charge in [0.05, 0.1) is 5.69 Å². The Hall–Kier alpha value is -2.37. The molecule has 3 atom stereocenters. The van der Waals surface area contributed by atoms with E-state index in [1.807, 2.05) is 0 Å². The molecule has 3 aromatic rings. The number of aromatic amines is 1. The fourth-order valence-electron chi connectivity index (χ4n) is 6.97. The van der Waals surface area contributed by atoms with E-state index in [9.17, 15) is 0 Å². The van der Waals surface area contributed by atoms with Gasteiger partial charge in [-0.2, -0.15) is 0 Å². The molecule has 1 aromatic carbocycles. The Labute approximate surface area is 191 Å². The van der Waals surface area contributed by atoms with Crippen LogP contribution in [0.2, 0.25) is 0 Å². The van der Waals surface area contributed by atoms with Gasteiger partial charge in [-0.05, 0) is 63.4 Å². The molecule has 4 fully saturated rings. The minimum atomic E-state index is 0. The first-order valence-corrected chi connectivity index (χ1v) is 12.4. The van der Waals surface area contributed by atoms with Crippen molar-refractivity contribution in [3.05, 3.63) is 47.8 Å². The summed E-state index contributed by atoms with van der Waals surface area (Å²) in [4.78, 5) is 16.3. The van der Waals surface area contributed by atoms with Crippen LogP contribution in [0.15, 0.2) is 36.4 Å². The third-order valence-electron chi connectivity index (χ3n) is 8.85. The first-order chi connectivity index (χ1) is 15.6. The summed E-state index contributed by atoms with van der Waals surface area (Å²) in [5.41, 5.74) is 8.00. The summed E-state index contributed by atoms with van der Waals surface area (Å²) in [6.07, 6.45) is 4.37. The van der Waals surface area contributed by atoms with Crippen molar-refractivity contribution in [2.75, 3.05) is 44.7 Å². The number of anilines is 1. The molecule has 3 unspecified atom stereocenters. The maximum atomic E-state index is 4.97. The number of aryl methyl sites for hydroxylation is 1. The molecule has 4 heterocycles. The number of hydrogen-bond donors (Lipinski definition) is 1. The fourth-order valence-corrected chi connectivity index (χ4v) is 6.97. The van der Waals surface area contributed by atoms with Crippen LogP contribution in [0.1, 0.15) is 32.1 Å². The monoisotopic (exact) mass is 429 g/mol. The van der Waals surface area contributed by atoms with Crippen LogP contribution < -0.4 is 4.90 Å². The van der Waals surface area contributed by atoms with Crippen molar-refractivity contribution in [3.8, 4) is 11.3 Å². The zero-order valence-corrected chi connectivity index (χ0v) is 19.3. The highest BCUT2D eigenvalue weighted by molar-refractivity contribution is 5.94. The average molecular weight is 430 g/mol. The molecule has 1 N–H and O–H groups in total. The molecule has 5 nitrogen and oxygen atoms in total. The standard InChI is InChI=1S/C27H33N5.H2/c1-18-13-24-23(14-21(29-24)16-32-17-27-15-20(27)5-8-25(27)32)26(28-18)19-3-6-22(7-4-19)31-11-9-30(2)10-12-31;/h3-4,6-7,13-14,20,25,29H,5,8-12,15-17H2,1-2H3;1H. The fraction of sp³-hybridized carbons (Fsp3) is 0.519. The van der Waals surface area contributed by atoms with E-state index in [0.717, 1.165) is 61.5 Å². The second-order valence-corrected chi connectivity index (χ2v) is 10.8. The van der Waals surface area contributed by atoms with Gasteiger partial charge in [0.1, 0.15) is 0 Å². The van der Waals surface area contributed by atoms with E-state index in [1.165, 1.54) is 53.7 Å². The minimum absolute atomic E-state index is 0. The molecule has 0 amide bonds. The first-order valence-electron chi connectivity index (χ1n) is 12.4. The van der Waals surface area contributed by atoms with Gasteiger partial charge >= 0.3 is 0 Å². The molecule has 2 aliphatic heterocycles. The van der Waals surface area contributed by atoms with Crippen LogP contribution in [0.25, 0.3) is 22.2 Å².